The van der Waals surface area contributed by atoms with E-state index in [1.807, 2.05) is 45.9 Å². The Morgan fingerprint density at radius 3 is 2.02 bits per heavy atom. The molecule has 0 aliphatic heterocycles. The predicted octanol–water partition coefficient (Wildman–Crippen LogP) is 11.6. The van der Waals surface area contributed by atoms with Crippen molar-refractivity contribution in [2.45, 2.75) is 133 Å². The zero-order valence-electron chi connectivity index (χ0n) is 32.9. The molecular weight excluding hydrogens is 595 g/mol. The first kappa shape index (κ1) is 51.8. The quantitative estimate of drug-likeness (QED) is 0.0551. The Morgan fingerprint density at radius 1 is 0.936 bits per heavy atom. The molecule has 1 aliphatic carbocycles. The van der Waals surface area contributed by atoms with Crippen LogP contribution >= 0.6 is 12.6 Å². The molecule has 0 heterocycles. The SMILES string of the molecule is C#C.C=CCCN(CCN(C)C/C=C\C)c1cc(C=O)ccc1CCCC.CC.CC.CCCC.CCN(CS)CC1CCCCC1. The molecule has 5 heteroatoms. The standard InChI is InChI=1S/C22H34N2O.C10H21NS.C4H10.2C2H6.C2H2/c1-5-8-11-21-13-12-20(19-25)18-22(21)24(15-10-7-3)17-16-23(4)14-9-6-2;1-2-11(9-12)8-10-6-4-3-5-7-10;1-3-4-2;3*1-2/h6-7,9,12-13,18-19H,3,5,8,10-11,14-17H2,1-2,4H3;10,12H,2-9H2,1H3;3-4H2,1-2H3;2*1-2H3;1-2H/b9-6-;;;;;. The van der Waals surface area contributed by atoms with Crippen molar-refractivity contribution in [1.29, 1.82) is 0 Å². The van der Waals surface area contributed by atoms with Gasteiger partial charge in [-0.25, -0.2) is 0 Å². The molecule has 0 unspecified atom stereocenters. The number of likely N-dealkylation sites (N-methyl/N-ethyl adjacent to an activating group) is 1. The minimum atomic E-state index is 0.751. The van der Waals surface area contributed by atoms with Crippen molar-refractivity contribution in [1.82, 2.24) is 9.80 Å². The first-order valence-corrected chi connectivity index (χ1v) is 19.5. The highest BCUT2D eigenvalue weighted by Crippen LogP contribution is 2.25. The monoisotopic (exact) mass is 674 g/mol. The normalized spacial score (nSPS) is 12.1. The number of terminal acetylenes is 1. The lowest BCUT2D eigenvalue weighted by Gasteiger charge is -2.29. The second-order valence-corrected chi connectivity index (χ2v) is 11.6. The number of hydrogen-bond donors (Lipinski definition) is 1. The average Bonchev–Trinajstić information content (AvgIpc) is 3.15. The van der Waals surface area contributed by atoms with Crippen LogP contribution in [0.3, 0.4) is 0 Å². The van der Waals surface area contributed by atoms with E-state index >= 15 is 0 Å². The summed E-state index contributed by atoms with van der Waals surface area (Å²) in [5, 5.41) is 0. The van der Waals surface area contributed by atoms with Crippen LogP contribution in [0.15, 0.2) is 43.0 Å². The molecule has 1 aliphatic rings. The van der Waals surface area contributed by atoms with E-state index in [1.54, 1.807) is 0 Å². The molecule has 0 N–H and O–H groups in total. The lowest BCUT2D eigenvalue weighted by Crippen LogP contribution is -2.34. The molecule has 1 aromatic rings. The van der Waals surface area contributed by atoms with Crippen LogP contribution in [0.1, 0.15) is 142 Å². The van der Waals surface area contributed by atoms with Gasteiger partial charge in [-0.3, -0.25) is 9.69 Å². The number of anilines is 1. The van der Waals surface area contributed by atoms with Crippen LogP contribution in [-0.4, -0.2) is 68.3 Å². The van der Waals surface area contributed by atoms with Crippen molar-refractivity contribution in [3.8, 4) is 12.8 Å². The Bertz CT molecular complexity index is 826. The van der Waals surface area contributed by atoms with Crippen LogP contribution in [0.25, 0.3) is 0 Å². The summed E-state index contributed by atoms with van der Waals surface area (Å²) in [6.07, 6.45) is 29.4. The molecule has 2 rings (SSSR count). The van der Waals surface area contributed by atoms with Gasteiger partial charge in [-0.15, -0.1) is 19.4 Å². The molecule has 4 nitrogen and oxygen atoms in total. The van der Waals surface area contributed by atoms with Crippen LogP contribution in [0.4, 0.5) is 5.69 Å². The predicted molar refractivity (Wildman–Crippen MR) is 221 cm³/mol. The van der Waals surface area contributed by atoms with Gasteiger partial charge in [-0.2, -0.15) is 12.6 Å². The Hall–Kier alpha value is -2.00. The summed E-state index contributed by atoms with van der Waals surface area (Å²) in [4.78, 5) is 18.4. The van der Waals surface area contributed by atoms with E-state index in [1.165, 1.54) is 75.6 Å². The minimum Gasteiger partial charge on any atom is -0.370 e. The number of allylic oxidation sites excluding steroid dienone is 1. The summed E-state index contributed by atoms with van der Waals surface area (Å²) in [5.41, 5.74) is 3.30. The molecule has 0 atom stereocenters. The van der Waals surface area contributed by atoms with Gasteiger partial charge in [0.15, 0.2) is 0 Å². The third kappa shape index (κ3) is 29.8. The first-order valence-electron chi connectivity index (χ1n) is 18.8. The van der Waals surface area contributed by atoms with E-state index in [4.69, 9.17) is 0 Å². The molecule has 0 radical (unpaired) electrons. The van der Waals surface area contributed by atoms with E-state index in [0.29, 0.717) is 0 Å². The second-order valence-electron chi connectivity index (χ2n) is 11.3. The minimum absolute atomic E-state index is 0.751. The van der Waals surface area contributed by atoms with Crippen LogP contribution in [0, 0.1) is 18.8 Å². The smallest absolute Gasteiger partial charge is 0.150 e. The molecule has 274 valence electrons. The zero-order chi connectivity index (χ0) is 36.7. The number of carbonyl (C=O) groups excluding carboxylic acids is 1. The summed E-state index contributed by atoms with van der Waals surface area (Å²) >= 11 is 4.32. The topological polar surface area (TPSA) is 26.8 Å². The van der Waals surface area contributed by atoms with Gasteiger partial charge in [0, 0.05) is 49.9 Å². The highest BCUT2D eigenvalue weighted by atomic mass is 32.1. The number of nitrogens with zero attached hydrogens (tertiary/aromatic N) is 3. The fourth-order valence-electron chi connectivity index (χ4n) is 4.82. The number of aryl methyl sites for hydroxylation is 1. The van der Waals surface area contributed by atoms with Crippen molar-refractivity contribution < 1.29 is 4.79 Å². The molecule has 1 aromatic carbocycles. The number of aldehydes is 1. The number of thiol groups is 1. The zero-order valence-corrected chi connectivity index (χ0v) is 33.8. The third-order valence-corrected chi connectivity index (χ3v) is 8.18. The molecule has 0 saturated heterocycles. The molecule has 0 bridgehead atoms. The Balaban J connectivity index is -0.000000347. The second kappa shape index (κ2) is 42.0. The molecule has 47 heavy (non-hydrogen) atoms. The number of benzene rings is 1. The maximum atomic E-state index is 11.3. The lowest BCUT2D eigenvalue weighted by molar-refractivity contribution is 0.112. The van der Waals surface area contributed by atoms with Crippen LogP contribution in [0.5, 0.6) is 0 Å². The van der Waals surface area contributed by atoms with Crippen LogP contribution in [-0.2, 0) is 6.42 Å². The molecule has 1 saturated carbocycles. The van der Waals surface area contributed by atoms with Crippen molar-refractivity contribution in [2.24, 2.45) is 5.92 Å². The van der Waals surface area contributed by atoms with E-state index < -0.39 is 0 Å². The molecule has 0 spiro atoms. The Kier molecular flexibility index (Phi) is 46.3. The number of unbranched alkanes of at least 4 members (excludes halogenated alkanes) is 2. The van der Waals surface area contributed by atoms with Crippen molar-refractivity contribution in [3.05, 3.63) is 54.1 Å². The van der Waals surface area contributed by atoms with E-state index in [-0.39, 0.29) is 0 Å². The number of rotatable bonds is 18. The largest absolute Gasteiger partial charge is 0.370 e. The highest BCUT2D eigenvalue weighted by molar-refractivity contribution is 7.80. The van der Waals surface area contributed by atoms with E-state index in [2.05, 4.69) is 107 Å². The maximum Gasteiger partial charge on any atom is 0.150 e. The number of carbonyl (C=O) groups is 1. The van der Waals surface area contributed by atoms with Gasteiger partial charge in [-0.05, 0) is 70.2 Å². The molecule has 1 fully saturated rings. The van der Waals surface area contributed by atoms with Crippen LogP contribution < -0.4 is 4.90 Å². The van der Waals surface area contributed by atoms with Gasteiger partial charge in [0.25, 0.3) is 0 Å². The Morgan fingerprint density at radius 2 is 1.55 bits per heavy atom. The lowest BCUT2D eigenvalue weighted by atomic mass is 9.89. The first-order chi connectivity index (χ1) is 22.9. The summed E-state index contributed by atoms with van der Waals surface area (Å²) in [6.45, 7) is 29.0. The van der Waals surface area contributed by atoms with Gasteiger partial charge < -0.3 is 9.80 Å². The van der Waals surface area contributed by atoms with E-state index in [9.17, 15) is 4.79 Å². The summed E-state index contributed by atoms with van der Waals surface area (Å²) < 4.78 is 0. The molecule has 0 amide bonds. The molecule has 0 aromatic heterocycles. The fraction of sp³-hybridized carbons (Fsp3) is 0.690. The fourth-order valence-corrected chi connectivity index (χ4v) is 5.13. The third-order valence-electron chi connectivity index (χ3n) is 7.78. The van der Waals surface area contributed by atoms with Gasteiger partial charge in [-0.1, -0.05) is 124 Å². The van der Waals surface area contributed by atoms with Crippen molar-refractivity contribution in [3.63, 3.8) is 0 Å². The summed E-state index contributed by atoms with van der Waals surface area (Å²) in [6, 6.07) is 6.11. The van der Waals surface area contributed by atoms with Crippen LogP contribution in [0.2, 0.25) is 0 Å². The van der Waals surface area contributed by atoms with Crippen molar-refractivity contribution >= 4 is 24.6 Å². The highest BCUT2D eigenvalue weighted by Gasteiger charge is 2.15. The Labute approximate surface area is 301 Å². The van der Waals surface area contributed by atoms with Gasteiger partial charge in [0.05, 0.1) is 0 Å². The summed E-state index contributed by atoms with van der Waals surface area (Å²) in [5.74, 6) is 1.89. The maximum absolute atomic E-state index is 11.3. The number of hydrogen-bond acceptors (Lipinski definition) is 5. The molecular formula is C42H79N3OS. The van der Waals surface area contributed by atoms with Gasteiger partial charge >= 0.3 is 0 Å². The summed E-state index contributed by atoms with van der Waals surface area (Å²) in [7, 11) is 2.14. The van der Waals surface area contributed by atoms with Gasteiger partial charge in [0.1, 0.15) is 6.29 Å². The van der Waals surface area contributed by atoms with Crippen molar-refractivity contribution in [2.75, 3.05) is 57.1 Å². The average molecular weight is 674 g/mol. The van der Waals surface area contributed by atoms with E-state index in [0.717, 1.165) is 69.2 Å². The van der Waals surface area contributed by atoms with Gasteiger partial charge in [0.2, 0.25) is 0 Å².